The van der Waals surface area contributed by atoms with Crippen LogP contribution in [0.25, 0.3) is 0 Å². The van der Waals surface area contributed by atoms with E-state index >= 15 is 0 Å². The summed E-state index contributed by atoms with van der Waals surface area (Å²) in [7, 11) is 0. The first kappa shape index (κ1) is 19.1. The van der Waals surface area contributed by atoms with E-state index in [-0.39, 0.29) is 11.5 Å². The second-order valence-electron chi connectivity index (χ2n) is 5.83. The number of carboxylic acid groups (broad SMARTS) is 1. The average Bonchev–Trinajstić information content (AvgIpc) is 2.69. The molecule has 7 heteroatoms. The number of hydrogen-bond donors (Lipinski definition) is 2. The van der Waals surface area contributed by atoms with Gasteiger partial charge in [-0.25, -0.2) is 0 Å². The van der Waals surface area contributed by atoms with Crippen molar-refractivity contribution in [2.24, 2.45) is 0 Å². The predicted octanol–water partition coefficient (Wildman–Crippen LogP) is 3.21. The van der Waals surface area contributed by atoms with Crippen LogP contribution in [0.15, 0.2) is 72.8 Å². The molecule has 0 aliphatic heterocycles. The van der Waals surface area contributed by atoms with Crippen LogP contribution < -0.4 is 15.7 Å². The summed E-state index contributed by atoms with van der Waals surface area (Å²) in [6.07, 6.45) is 0. The molecule has 3 aromatic rings. The van der Waals surface area contributed by atoms with Crippen LogP contribution in [-0.4, -0.2) is 17.8 Å². The summed E-state index contributed by atoms with van der Waals surface area (Å²) in [5.41, 5.74) is 1.53. The Morgan fingerprint density at radius 3 is 2.07 bits per heavy atom. The molecule has 6 nitrogen and oxygen atoms in total. The summed E-state index contributed by atoms with van der Waals surface area (Å²) >= 11 is 6.02. The molecule has 2 amide bonds. The fourth-order valence-corrected chi connectivity index (χ4v) is 2.70. The minimum absolute atomic E-state index is 0.0160. The number of rotatable bonds is 5. The zero-order valence-electron chi connectivity index (χ0n) is 14.4. The second-order valence-corrected chi connectivity index (χ2v) is 6.24. The molecule has 0 heterocycles. The van der Waals surface area contributed by atoms with Gasteiger partial charge in [-0.2, -0.15) is 0 Å². The number of carboxylic acids is 1. The first-order valence-corrected chi connectivity index (χ1v) is 8.60. The van der Waals surface area contributed by atoms with Crippen LogP contribution in [0.4, 0.5) is 11.4 Å². The molecule has 28 heavy (non-hydrogen) atoms. The molecule has 0 aliphatic carbocycles. The lowest BCUT2D eigenvalue weighted by molar-refractivity contribution is -0.255. The first-order valence-electron chi connectivity index (χ1n) is 8.23. The van der Waals surface area contributed by atoms with Crippen LogP contribution in [0.3, 0.4) is 0 Å². The van der Waals surface area contributed by atoms with E-state index in [0.29, 0.717) is 27.5 Å². The fourth-order valence-electron chi connectivity index (χ4n) is 2.47. The van der Waals surface area contributed by atoms with Crippen molar-refractivity contribution in [3.63, 3.8) is 0 Å². The van der Waals surface area contributed by atoms with E-state index in [1.165, 1.54) is 30.3 Å². The van der Waals surface area contributed by atoms with Gasteiger partial charge in [0.2, 0.25) is 0 Å². The lowest BCUT2D eigenvalue weighted by atomic mass is 10.1. The third-order valence-electron chi connectivity index (χ3n) is 3.88. The van der Waals surface area contributed by atoms with Crippen LogP contribution >= 0.6 is 11.6 Å². The van der Waals surface area contributed by atoms with Crippen molar-refractivity contribution < 1.29 is 19.5 Å². The molecule has 2 N–H and O–H groups in total. The second kappa shape index (κ2) is 8.37. The number of nitrogens with one attached hydrogen (secondary N) is 2. The van der Waals surface area contributed by atoms with Crippen molar-refractivity contribution in [2.45, 2.75) is 0 Å². The van der Waals surface area contributed by atoms with Gasteiger partial charge in [-0.05, 0) is 48.0 Å². The quantitative estimate of drug-likeness (QED) is 0.695. The first-order chi connectivity index (χ1) is 13.4. The molecule has 3 rings (SSSR count). The van der Waals surface area contributed by atoms with Crippen LogP contribution in [0.5, 0.6) is 0 Å². The Hall–Kier alpha value is -3.64. The van der Waals surface area contributed by atoms with E-state index in [1.807, 2.05) is 0 Å². The highest BCUT2D eigenvalue weighted by molar-refractivity contribution is 6.34. The zero-order valence-corrected chi connectivity index (χ0v) is 15.2. The Morgan fingerprint density at radius 2 is 1.39 bits per heavy atom. The van der Waals surface area contributed by atoms with Crippen molar-refractivity contribution in [3.05, 3.63) is 94.5 Å². The van der Waals surface area contributed by atoms with Crippen LogP contribution in [-0.2, 0) is 0 Å². The largest absolute Gasteiger partial charge is 0.545 e. The van der Waals surface area contributed by atoms with Crippen molar-refractivity contribution in [1.29, 1.82) is 0 Å². The Balaban J connectivity index is 1.71. The topological polar surface area (TPSA) is 98.3 Å². The van der Waals surface area contributed by atoms with Gasteiger partial charge in [-0.3, -0.25) is 9.59 Å². The van der Waals surface area contributed by atoms with Crippen molar-refractivity contribution in [2.75, 3.05) is 10.6 Å². The number of benzene rings is 3. The molecule has 0 saturated heterocycles. The fraction of sp³-hybridized carbons (Fsp3) is 0. The standard InChI is InChI=1S/C21H15ClN2O4/c22-18-7-2-1-6-17(18)20(26)24-16-5-3-4-14(12-16)19(25)23-15-10-8-13(9-11-15)21(27)28/h1-12H,(H,23,25)(H,24,26)(H,27,28)/p-1. The molecule has 0 radical (unpaired) electrons. The zero-order chi connectivity index (χ0) is 20.1. The van der Waals surface area contributed by atoms with Gasteiger partial charge in [0.1, 0.15) is 0 Å². The lowest BCUT2D eigenvalue weighted by Crippen LogP contribution is -2.22. The third kappa shape index (κ3) is 4.55. The van der Waals surface area contributed by atoms with Gasteiger partial charge in [0, 0.05) is 16.9 Å². The normalized spacial score (nSPS) is 10.2. The Bertz CT molecular complexity index is 1050. The molecule has 0 atom stereocenters. The number of hydrogen-bond acceptors (Lipinski definition) is 4. The van der Waals surface area contributed by atoms with Crippen molar-refractivity contribution in [3.8, 4) is 0 Å². The van der Waals surface area contributed by atoms with Gasteiger partial charge in [-0.1, -0.05) is 41.9 Å². The van der Waals surface area contributed by atoms with E-state index in [1.54, 1.807) is 42.5 Å². The Morgan fingerprint density at radius 1 is 0.714 bits per heavy atom. The van der Waals surface area contributed by atoms with E-state index in [4.69, 9.17) is 11.6 Å². The Kier molecular flexibility index (Phi) is 5.72. The summed E-state index contributed by atoms with van der Waals surface area (Å²) in [4.78, 5) is 35.5. The summed E-state index contributed by atoms with van der Waals surface area (Å²) in [6, 6.07) is 18.7. The Labute approximate surface area is 165 Å². The maximum Gasteiger partial charge on any atom is 0.257 e. The highest BCUT2D eigenvalue weighted by atomic mass is 35.5. The monoisotopic (exact) mass is 393 g/mol. The average molecular weight is 394 g/mol. The van der Waals surface area contributed by atoms with Crippen LogP contribution in [0.1, 0.15) is 31.1 Å². The molecule has 0 saturated carbocycles. The van der Waals surface area contributed by atoms with Gasteiger partial charge in [-0.15, -0.1) is 0 Å². The number of anilines is 2. The number of carbonyl (C=O) groups is 3. The summed E-state index contributed by atoms with van der Waals surface area (Å²) in [5.74, 6) is -2.09. The molecule has 0 aromatic heterocycles. The van der Waals surface area contributed by atoms with E-state index < -0.39 is 11.9 Å². The van der Waals surface area contributed by atoms with Crippen molar-refractivity contribution >= 4 is 40.8 Å². The maximum absolute atomic E-state index is 12.4. The molecule has 0 spiro atoms. The third-order valence-corrected chi connectivity index (χ3v) is 4.21. The predicted molar refractivity (Wildman–Crippen MR) is 105 cm³/mol. The molecule has 3 aromatic carbocycles. The minimum atomic E-state index is -1.29. The SMILES string of the molecule is O=C([O-])c1ccc(NC(=O)c2cccc(NC(=O)c3ccccc3Cl)c2)cc1. The van der Waals surface area contributed by atoms with Gasteiger partial charge >= 0.3 is 0 Å². The number of amides is 2. The maximum atomic E-state index is 12.4. The molecule has 0 fully saturated rings. The van der Waals surface area contributed by atoms with Gasteiger partial charge in [0.05, 0.1) is 16.6 Å². The summed E-state index contributed by atoms with van der Waals surface area (Å²) in [5, 5.41) is 16.5. The highest BCUT2D eigenvalue weighted by Crippen LogP contribution is 2.19. The van der Waals surface area contributed by atoms with Gasteiger partial charge in [0.15, 0.2) is 0 Å². The number of carbonyl (C=O) groups excluding carboxylic acids is 3. The lowest BCUT2D eigenvalue weighted by Gasteiger charge is -2.10. The summed E-state index contributed by atoms with van der Waals surface area (Å²) in [6.45, 7) is 0. The van der Waals surface area contributed by atoms with Crippen LogP contribution in [0.2, 0.25) is 5.02 Å². The van der Waals surface area contributed by atoms with E-state index in [9.17, 15) is 19.5 Å². The van der Waals surface area contributed by atoms with Crippen LogP contribution in [0, 0.1) is 0 Å². The molecule has 0 unspecified atom stereocenters. The number of aromatic carboxylic acids is 1. The molecule has 0 aliphatic rings. The van der Waals surface area contributed by atoms with E-state index in [0.717, 1.165) is 0 Å². The van der Waals surface area contributed by atoms with Crippen molar-refractivity contribution in [1.82, 2.24) is 0 Å². The van der Waals surface area contributed by atoms with E-state index in [2.05, 4.69) is 10.6 Å². The minimum Gasteiger partial charge on any atom is -0.545 e. The van der Waals surface area contributed by atoms with Gasteiger partial charge < -0.3 is 20.5 Å². The summed E-state index contributed by atoms with van der Waals surface area (Å²) < 4.78 is 0. The molecule has 0 bridgehead atoms. The molecular weight excluding hydrogens is 380 g/mol. The number of halogens is 1. The molecular formula is C21H14ClN2O4-. The van der Waals surface area contributed by atoms with Gasteiger partial charge in [0.25, 0.3) is 11.8 Å². The molecule has 140 valence electrons. The highest BCUT2D eigenvalue weighted by Gasteiger charge is 2.12. The smallest absolute Gasteiger partial charge is 0.257 e.